The molecule has 0 saturated carbocycles. The maximum atomic E-state index is 12.5. The van der Waals surface area contributed by atoms with Gasteiger partial charge in [-0.15, -0.1) is 0 Å². The van der Waals surface area contributed by atoms with E-state index in [1.807, 2.05) is 84.9 Å². The molecule has 2 nitrogen and oxygen atoms in total. The number of ketones is 1. The third kappa shape index (κ3) is 3.23. The van der Waals surface area contributed by atoms with Crippen LogP contribution in [0.25, 0.3) is 11.1 Å². The number of para-hydroxylation sites is 1. The lowest BCUT2D eigenvalue weighted by atomic mass is 9.97. The first kappa shape index (κ1) is 14.1. The Bertz CT molecular complexity index is 749. The van der Waals surface area contributed by atoms with E-state index in [1.54, 1.807) is 0 Å². The van der Waals surface area contributed by atoms with Crippen molar-refractivity contribution < 1.29 is 9.53 Å². The molecule has 0 aromatic heterocycles. The van der Waals surface area contributed by atoms with Gasteiger partial charge in [-0.05, 0) is 23.3 Å². The highest BCUT2D eigenvalue weighted by Gasteiger charge is 2.12. The summed E-state index contributed by atoms with van der Waals surface area (Å²) in [6.45, 7) is 0.0356. The molecule has 0 aliphatic heterocycles. The minimum atomic E-state index is -0.0247. The van der Waals surface area contributed by atoms with E-state index >= 15 is 0 Å². The van der Waals surface area contributed by atoms with Crippen molar-refractivity contribution in [3.05, 3.63) is 90.5 Å². The predicted octanol–water partition coefficient (Wildman–Crippen LogP) is 4.62. The molecule has 22 heavy (non-hydrogen) atoms. The van der Waals surface area contributed by atoms with Gasteiger partial charge in [-0.25, -0.2) is 0 Å². The summed E-state index contributed by atoms with van der Waals surface area (Å²) in [6, 6.07) is 26.9. The van der Waals surface area contributed by atoms with E-state index < -0.39 is 0 Å². The number of hydrogen-bond acceptors (Lipinski definition) is 2. The molecule has 0 heterocycles. The maximum Gasteiger partial charge on any atom is 0.200 e. The highest BCUT2D eigenvalue weighted by Crippen LogP contribution is 2.24. The zero-order chi connectivity index (χ0) is 15.2. The van der Waals surface area contributed by atoms with Crippen LogP contribution >= 0.6 is 0 Å². The normalized spacial score (nSPS) is 10.2. The minimum Gasteiger partial charge on any atom is -0.485 e. The number of rotatable bonds is 5. The van der Waals surface area contributed by atoms with Gasteiger partial charge in [0.2, 0.25) is 5.78 Å². The van der Waals surface area contributed by atoms with Crippen molar-refractivity contribution in [3.8, 4) is 16.9 Å². The van der Waals surface area contributed by atoms with E-state index in [1.165, 1.54) is 0 Å². The van der Waals surface area contributed by atoms with Gasteiger partial charge < -0.3 is 4.74 Å². The molecule has 0 fully saturated rings. The van der Waals surface area contributed by atoms with Crippen molar-refractivity contribution in [1.29, 1.82) is 0 Å². The lowest BCUT2D eigenvalue weighted by Gasteiger charge is -2.10. The Morgan fingerprint density at radius 3 is 2.05 bits per heavy atom. The molecule has 3 rings (SSSR count). The molecule has 108 valence electrons. The molecule has 3 aromatic carbocycles. The number of hydrogen-bond donors (Lipinski definition) is 0. The Kier molecular flexibility index (Phi) is 4.30. The molecule has 0 atom stereocenters. The molecule has 0 radical (unpaired) electrons. The van der Waals surface area contributed by atoms with Crippen LogP contribution in [0, 0.1) is 0 Å². The second-order valence-corrected chi connectivity index (χ2v) is 4.94. The number of carbonyl (C=O) groups is 1. The van der Waals surface area contributed by atoms with E-state index in [9.17, 15) is 4.79 Å². The molecule has 2 heteroatoms. The van der Waals surface area contributed by atoms with Gasteiger partial charge in [0.05, 0.1) is 0 Å². The quantitative estimate of drug-likeness (QED) is 0.641. The monoisotopic (exact) mass is 288 g/mol. The van der Waals surface area contributed by atoms with Crippen molar-refractivity contribution in [2.75, 3.05) is 6.61 Å². The molecule has 0 aliphatic rings. The summed E-state index contributed by atoms with van der Waals surface area (Å²) in [5, 5.41) is 0. The smallest absolute Gasteiger partial charge is 0.200 e. The van der Waals surface area contributed by atoms with E-state index in [2.05, 4.69) is 0 Å². The molecule has 0 spiro atoms. The van der Waals surface area contributed by atoms with Crippen LogP contribution in [-0.2, 0) is 0 Å². The van der Waals surface area contributed by atoms with Crippen LogP contribution in [0.1, 0.15) is 10.4 Å². The Balaban J connectivity index is 1.81. The minimum absolute atomic E-state index is 0.0247. The summed E-state index contributed by atoms with van der Waals surface area (Å²) in [5.41, 5.74) is 2.65. The van der Waals surface area contributed by atoms with Crippen LogP contribution in [0.3, 0.4) is 0 Å². The third-order valence-corrected chi connectivity index (χ3v) is 3.43. The van der Waals surface area contributed by atoms with Crippen LogP contribution in [0.5, 0.6) is 5.75 Å². The summed E-state index contributed by atoms with van der Waals surface area (Å²) in [7, 11) is 0. The fourth-order valence-corrected chi connectivity index (χ4v) is 2.34. The number of Topliss-reactive ketones (excluding diaryl/α,β-unsaturated/α-hetero) is 1. The average molecular weight is 288 g/mol. The van der Waals surface area contributed by atoms with Gasteiger partial charge in [0, 0.05) is 5.56 Å². The Hall–Kier alpha value is -2.87. The Morgan fingerprint density at radius 2 is 1.32 bits per heavy atom. The van der Waals surface area contributed by atoms with E-state index in [0.29, 0.717) is 11.3 Å². The molecular formula is C20H16O2. The molecule has 0 unspecified atom stereocenters. The molecule has 0 amide bonds. The maximum absolute atomic E-state index is 12.5. The summed E-state index contributed by atoms with van der Waals surface area (Å²) in [6.07, 6.45) is 0. The molecule has 3 aromatic rings. The van der Waals surface area contributed by atoms with Crippen LogP contribution in [0.15, 0.2) is 84.9 Å². The molecule has 0 bridgehead atoms. The Morgan fingerprint density at radius 1 is 0.727 bits per heavy atom. The molecular weight excluding hydrogens is 272 g/mol. The summed E-state index contributed by atoms with van der Waals surface area (Å²) < 4.78 is 5.56. The fourth-order valence-electron chi connectivity index (χ4n) is 2.34. The summed E-state index contributed by atoms with van der Waals surface area (Å²) in [5.74, 6) is 0.677. The number of carbonyl (C=O) groups excluding carboxylic acids is 1. The first-order chi connectivity index (χ1) is 10.8. The number of benzene rings is 3. The lowest BCUT2D eigenvalue weighted by molar-refractivity contribution is 0.0922. The average Bonchev–Trinajstić information content (AvgIpc) is 2.61. The van der Waals surface area contributed by atoms with Gasteiger partial charge in [0.1, 0.15) is 5.75 Å². The molecule has 0 N–H and O–H groups in total. The first-order valence-corrected chi connectivity index (χ1v) is 7.20. The Labute approximate surface area is 130 Å². The SMILES string of the molecule is O=C(COc1ccccc1)c1ccccc1-c1ccccc1. The van der Waals surface area contributed by atoms with Crippen LogP contribution in [0.2, 0.25) is 0 Å². The van der Waals surface area contributed by atoms with Crippen molar-refractivity contribution >= 4 is 5.78 Å². The second kappa shape index (κ2) is 6.72. The van der Waals surface area contributed by atoms with Crippen molar-refractivity contribution in [3.63, 3.8) is 0 Å². The third-order valence-electron chi connectivity index (χ3n) is 3.43. The van der Waals surface area contributed by atoms with Crippen LogP contribution in [-0.4, -0.2) is 12.4 Å². The second-order valence-electron chi connectivity index (χ2n) is 4.94. The van der Waals surface area contributed by atoms with Crippen LogP contribution in [0.4, 0.5) is 0 Å². The van der Waals surface area contributed by atoms with Gasteiger partial charge in [-0.3, -0.25) is 4.79 Å². The van der Waals surface area contributed by atoms with E-state index in [-0.39, 0.29) is 12.4 Å². The zero-order valence-corrected chi connectivity index (χ0v) is 12.1. The fraction of sp³-hybridized carbons (Fsp3) is 0.0500. The molecule has 0 aliphatic carbocycles. The topological polar surface area (TPSA) is 26.3 Å². The molecule has 0 saturated heterocycles. The van der Waals surface area contributed by atoms with E-state index in [0.717, 1.165) is 11.1 Å². The summed E-state index contributed by atoms with van der Waals surface area (Å²) >= 11 is 0. The van der Waals surface area contributed by atoms with Crippen LogP contribution < -0.4 is 4.74 Å². The first-order valence-electron chi connectivity index (χ1n) is 7.20. The predicted molar refractivity (Wildman–Crippen MR) is 88.1 cm³/mol. The van der Waals surface area contributed by atoms with Gasteiger partial charge in [0.25, 0.3) is 0 Å². The van der Waals surface area contributed by atoms with E-state index in [4.69, 9.17) is 4.74 Å². The highest BCUT2D eigenvalue weighted by molar-refractivity contribution is 6.03. The van der Waals surface area contributed by atoms with Gasteiger partial charge >= 0.3 is 0 Å². The zero-order valence-electron chi connectivity index (χ0n) is 12.1. The highest BCUT2D eigenvalue weighted by atomic mass is 16.5. The van der Waals surface area contributed by atoms with Crippen molar-refractivity contribution in [2.45, 2.75) is 0 Å². The van der Waals surface area contributed by atoms with Crippen molar-refractivity contribution in [1.82, 2.24) is 0 Å². The van der Waals surface area contributed by atoms with Crippen molar-refractivity contribution in [2.24, 2.45) is 0 Å². The number of ether oxygens (including phenoxy) is 1. The van der Waals surface area contributed by atoms with Gasteiger partial charge in [0.15, 0.2) is 6.61 Å². The lowest BCUT2D eigenvalue weighted by Crippen LogP contribution is -2.12. The van der Waals surface area contributed by atoms with Gasteiger partial charge in [-0.2, -0.15) is 0 Å². The van der Waals surface area contributed by atoms with Gasteiger partial charge in [-0.1, -0.05) is 72.8 Å². The standard InChI is InChI=1S/C20H16O2/c21-20(15-22-17-11-5-2-6-12-17)19-14-8-7-13-18(19)16-9-3-1-4-10-16/h1-14H,15H2. The largest absolute Gasteiger partial charge is 0.485 e. The summed E-state index contributed by atoms with van der Waals surface area (Å²) in [4.78, 5) is 12.5.